The second kappa shape index (κ2) is 7.22. The Bertz CT molecular complexity index is 549. The maximum Gasteiger partial charge on any atom is 0.234 e. The first kappa shape index (κ1) is 14.8. The largest absolute Gasteiger partial charge is 0.353 e. The number of nitrogens with one attached hydrogen (secondary N) is 2. The molecule has 1 heterocycles. The summed E-state index contributed by atoms with van der Waals surface area (Å²) in [7, 11) is 0. The van der Waals surface area contributed by atoms with Crippen molar-refractivity contribution in [1.82, 2.24) is 10.6 Å². The lowest BCUT2D eigenvalue weighted by Crippen LogP contribution is -2.37. The van der Waals surface area contributed by atoms with E-state index in [0.717, 1.165) is 6.54 Å². The molecule has 20 heavy (non-hydrogen) atoms. The third-order valence-corrected chi connectivity index (χ3v) is 3.89. The number of amides is 1. The maximum absolute atomic E-state index is 11.5. The third-order valence-electron chi connectivity index (χ3n) is 2.75. The Morgan fingerprint density at radius 2 is 1.90 bits per heavy atom. The highest BCUT2D eigenvalue weighted by atomic mass is 32.1. The van der Waals surface area contributed by atoms with Crippen molar-refractivity contribution in [3.05, 3.63) is 47.3 Å². The summed E-state index contributed by atoms with van der Waals surface area (Å²) < 4.78 is 0. The Labute approximate surface area is 124 Å². The van der Waals surface area contributed by atoms with Gasteiger partial charge in [-0.15, -0.1) is 11.3 Å². The van der Waals surface area contributed by atoms with Gasteiger partial charge < -0.3 is 10.6 Å². The fourth-order valence-electron chi connectivity index (χ4n) is 1.90. The van der Waals surface area contributed by atoms with E-state index in [1.165, 1.54) is 15.3 Å². The summed E-state index contributed by atoms with van der Waals surface area (Å²) in [4.78, 5) is 14.0. The van der Waals surface area contributed by atoms with E-state index in [1.807, 2.05) is 32.0 Å². The van der Waals surface area contributed by atoms with E-state index < -0.39 is 0 Å². The quantitative estimate of drug-likeness (QED) is 0.858. The topological polar surface area (TPSA) is 41.1 Å². The van der Waals surface area contributed by atoms with Gasteiger partial charge in [0.2, 0.25) is 5.91 Å². The molecule has 2 rings (SSSR count). The molecule has 1 aromatic heterocycles. The van der Waals surface area contributed by atoms with Crippen LogP contribution in [0.2, 0.25) is 0 Å². The van der Waals surface area contributed by atoms with Gasteiger partial charge in [-0.3, -0.25) is 4.79 Å². The minimum Gasteiger partial charge on any atom is -0.353 e. The Hall–Kier alpha value is -1.65. The van der Waals surface area contributed by atoms with Crippen molar-refractivity contribution in [2.24, 2.45) is 0 Å². The van der Waals surface area contributed by atoms with Gasteiger partial charge in [0.1, 0.15) is 0 Å². The predicted octanol–water partition coefficient (Wildman–Crippen LogP) is 3.03. The van der Waals surface area contributed by atoms with Gasteiger partial charge in [-0.1, -0.05) is 30.3 Å². The highest BCUT2D eigenvalue weighted by Gasteiger charge is 2.05. The number of rotatable bonds is 6. The average Bonchev–Trinajstić information content (AvgIpc) is 2.88. The Balaban J connectivity index is 1.83. The number of benzene rings is 1. The summed E-state index contributed by atoms with van der Waals surface area (Å²) in [5.41, 5.74) is 1.24. The summed E-state index contributed by atoms with van der Waals surface area (Å²) in [5.74, 6) is 0.0415. The molecule has 0 aliphatic carbocycles. The van der Waals surface area contributed by atoms with Crippen LogP contribution in [0.25, 0.3) is 10.4 Å². The zero-order valence-corrected chi connectivity index (χ0v) is 12.7. The lowest BCUT2D eigenvalue weighted by atomic mass is 10.2. The second-order valence-corrected chi connectivity index (χ2v) is 6.13. The van der Waals surface area contributed by atoms with Crippen molar-refractivity contribution in [3.63, 3.8) is 0 Å². The molecule has 0 unspecified atom stereocenters. The van der Waals surface area contributed by atoms with Crippen LogP contribution in [-0.4, -0.2) is 18.5 Å². The van der Waals surface area contributed by atoms with E-state index in [9.17, 15) is 4.79 Å². The minimum absolute atomic E-state index is 0.0415. The van der Waals surface area contributed by atoms with Crippen LogP contribution in [0.4, 0.5) is 0 Å². The van der Waals surface area contributed by atoms with Gasteiger partial charge in [0, 0.05) is 22.3 Å². The fourth-order valence-corrected chi connectivity index (χ4v) is 2.89. The fraction of sp³-hybridized carbons (Fsp3) is 0.312. The van der Waals surface area contributed by atoms with Crippen molar-refractivity contribution >= 4 is 17.2 Å². The van der Waals surface area contributed by atoms with E-state index in [-0.39, 0.29) is 11.9 Å². The molecule has 0 aliphatic heterocycles. The van der Waals surface area contributed by atoms with E-state index in [1.54, 1.807) is 11.3 Å². The lowest BCUT2D eigenvalue weighted by molar-refractivity contribution is -0.120. The van der Waals surface area contributed by atoms with E-state index >= 15 is 0 Å². The zero-order valence-electron chi connectivity index (χ0n) is 11.8. The summed E-state index contributed by atoms with van der Waals surface area (Å²) in [5, 5.41) is 6.03. The molecule has 0 saturated heterocycles. The molecule has 3 nitrogen and oxygen atoms in total. The van der Waals surface area contributed by atoms with Crippen molar-refractivity contribution in [2.75, 3.05) is 6.54 Å². The molecular formula is C16H20N2OS. The van der Waals surface area contributed by atoms with E-state index in [2.05, 4.69) is 34.9 Å². The van der Waals surface area contributed by atoms with Crippen LogP contribution in [0.5, 0.6) is 0 Å². The molecule has 0 fully saturated rings. The van der Waals surface area contributed by atoms with Gasteiger partial charge in [-0.05, 0) is 31.5 Å². The number of thiophene rings is 1. The van der Waals surface area contributed by atoms with Gasteiger partial charge in [0.15, 0.2) is 0 Å². The first-order valence-corrected chi connectivity index (χ1v) is 7.61. The van der Waals surface area contributed by atoms with Crippen LogP contribution in [-0.2, 0) is 11.3 Å². The highest BCUT2D eigenvalue weighted by Crippen LogP contribution is 2.27. The molecule has 2 N–H and O–H groups in total. The van der Waals surface area contributed by atoms with Gasteiger partial charge in [0.05, 0.1) is 6.54 Å². The van der Waals surface area contributed by atoms with E-state index in [4.69, 9.17) is 0 Å². The SMILES string of the molecule is CC(C)NC(=O)CNCc1ccc(-c2ccccc2)s1. The van der Waals surface area contributed by atoms with Crippen LogP contribution in [0, 0.1) is 0 Å². The molecule has 106 valence electrons. The van der Waals surface area contributed by atoms with Crippen LogP contribution in [0.15, 0.2) is 42.5 Å². The highest BCUT2D eigenvalue weighted by molar-refractivity contribution is 7.15. The van der Waals surface area contributed by atoms with Gasteiger partial charge >= 0.3 is 0 Å². The summed E-state index contributed by atoms with van der Waals surface area (Å²) in [6, 6.07) is 14.8. The summed E-state index contributed by atoms with van der Waals surface area (Å²) in [6.45, 7) is 5.01. The monoisotopic (exact) mass is 288 g/mol. The van der Waals surface area contributed by atoms with Crippen molar-refractivity contribution in [3.8, 4) is 10.4 Å². The molecule has 0 saturated carbocycles. The second-order valence-electron chi connectivity index (χ2n) is 4.96. The Morgan fingerprint density at radius 1 is 1.15 bits per heavy atom. The maximum atomic E-state index is 11.5. The molecular weight excluding hydrogens is 268 g/mol. The standard InChI is InChI=1S/C16H20N2OS/c1-12(2)18-16(19)11-17-10-14-8-9-15(20-14)13-6-4-3-5-7-13/h3-9,12,17H,10-11H2,1-2H3,(H,18,19). The van der Waals surface area contributed by atoms with Crippen molar-refractivity contribution in [1.29, 1.82) is 0 Å². The van der Waals surface area contributed by atoms with Crippen LogP contribution in [0.1, 0.15) is 18.7 Å². The zero-order chi connectivity index (χ0) is 14.4. The minimum atomic E-state index is 0.0415. The lowest BCUT2D eigenvalue weighted by Gasteiger charge is -2.08. The predicted molar refractivity (Wildman–Crippen MR) is 84.7 cm³/mol. The van der Waals surface area contributed by atoms with Crippen LogP contribution in [0.3, 0.4) is 0 Å². The normalized spacial score (nSPS) is 10.8. The van der Waals surface area contributed by atoms with Crippen LogP contribution >= 0.6 is 11.3 Å². The molecule has 1 amide bonds. The first-order valence-electron chi connectivity index (χ1n) is 6.79. The number of hydrogen-bond donors (Lipinski definition) is 2. The Morgan fingerprint density at radius 3 is 2.60 bits per heavy atom. The van der Waals surface area contributed by atoms with Gasteiger partial charge in [0.25, 0.3) is 0 Å². The van der Waals surface area contributed by atoms with Crippen molar-refractivity contribution in [2.45, 2.75) is 26.4 Å². The first-order chi connectivity index (χ1) is 9.65. The number of carbonyl (C=O) groups is 1. The third kappa shape index (κ3) is 4.47. The summed E-state index contributed by atoms with van der Waals surface area (Å²) >= 11 is 1.76. The molecule has 0 spiro atoms. The Kier molecular flexibility index (Phi) is 5.32. The van der Waals surface area contributed by atoms with Gasteiger partial charge in [-0.25, -0.2) is 0 Å². The smallest absolute Gasteiger partial charge is 0.234 e. The number of carbonyl (C=O) groups excluding carboxylic acids is 1. The summed E-state index contributed by atoms with van der Waals surface area (Å²) in [6.07, 6.45) is 0. The molecule has 0 bridgehead atoms. The molecule has 0 aliphatic rings. The average molecular weight is 288 g/mol. The van der Waals surface area contributed by atoms with Crippen molar-refractivity contribution < 1.29 is 4.79 Å². The van der Waals surface area contributed by atoms with Gasteiger partial charge in [-0.2, -0.15) is 0 Å². The van der Waals surface area contributed by atoms with E-state index in [0.29, 0.717) is 6.54 Å². The molecule has 0 radical (unpaired) electrons. The molecule has 2 aromatic rings. The molecule has 4 heteroatoms. The van der Waals surface area contributed by atoms with Crippen LogP contribution < -0.4 is 10.6 Å². The number of hydrogen-bond acceptors (Lipinski definition) is 3. The molecule has 0 atom stereocenters. The molecule has 1 aromatic carbocycles.